The van der Waals surface area contributed by atoms with Gasteiger partial charge >= 0.3 is 0 Å². The van der Waals surface area contributed by atoms with E-state index in [4.69, 9.17) is 16.6 Å². The first-order valence-electron chi connectivity index (χ1n) is 9.72. The highest BCUT2D eigenvalue weighted by Crippen LogP contribution is 2.33. The maximum atomic E-state index is 11.7. The summed E-state index contributed by atoms with van der Waals surface area (Å²) in [6.07, 6.45) is 4.10. The van der Waals surface area contributed by atoms with Crippen molar-refractivity contribution in [2.24, 2.45) is 4.99 Å². The molecule has 0 aliphatic carbocycles. The highest BCUT2D eigenvalue weighted by atomic mass is 35.5. The summed E-state index contributed by atoms with van der Waals surface area (Å²) in [6.45, 7) is 6.31. The number of benzene rings is 1. The van der Waals surface area contributed by atoms with Gasteiger partial charge in [0.1, 0.15) is 23.6 Å². The van der Waals surface area contributed by atoms with Crippen molar-refractivity contribution < 1.29 is 4.79 Å². The zero-order valence-electron chi connectivity index (χ0n) is 16.3. The van der Waals surface area contributed by atoms with Crippen LogP contribution >= 0.6 is 11.6 Å². The number of hydrogen-bond acceptors (Lipinski definition) is 6. The number of halogens is 1. The number of ketones is 1. The molecule has 1 fully saturated rings. The molecule has 0 saturated carbocycles. The van der Waals surface area contributed by atoms with Crippen LogP contribution in [0.5, 0.6) is 0 Å². The van der Waals surface area contributed by atoms with Crippen molar-refractivity contribution in [2.45, 2.75) is 26.3 Å². The van der Waals surface area contributed by atoms with Gasteiger partial charge in [0, 0.05) is 43.9 Å². The number of nitrogens with zero attached hydrogens (tertiary/aromatic N) is 5. The van der Waals surface area contributed by atoms with Gasteiger partial charge in [-0.2, -0.15) is 0 Å². The lowest BCUT2D eigenvalue weighted by atomic mass is 10.0. The number of fused-ring (bicyclic) bond motifs is 2. The Morgan fingerprint density at radius 3 is 2.93 bits per heavy atom. The molecule has 0 radical (unpaired) electrons. The van der Waals surface area contributed by atoms with E-state index in [-0.39, 0.29) is 11.8 Å². The van der Waals surface area contributed by atoms with Gasteiger partial charge in [-0.1, -0.05) is 11.6 Å². The van der Waals surface area contributed by atoms with Crippen LogP contribution in [-0.2, 0) is 6.42 Å². The Morgan fingerprint density at radius 1 is 1.28 bits per heavy atom. The fourth-order valence-electron chi connectivity index (χ4n) is 4.22. The maximum Gasteiger partial charge on any atom is 0.159 e. The van der Waals surface area contributed by atoms with Crippen LogP contribution in [-0.4, -0.2) is 57.1 Å². The summed E-state index contributed by atoms with van der Waals surface area (Å²) in [7, 11) is 0. The van der Waals surface area contributed by atoms with Crippen molar-refractivity contribution >= 4 is 45.8 Å². The number of amidine groups is 1. The van der Waals surface area contributed by atoms with E-state index in [2.05, 4.69) is 31.7 Å². The normalized spacial score (nSPS) is 18.9. The fourth-order valence-corrected chi connectivity index (χ4v) is 4.45. The molecular weight excluding hydrogens is 388 g/mol. The molecule has 1 saturated heterocycles. The second kappa shape index (κ2) is 6.84. The Morgan fingerprint density at radius 2 is 2.14 bits per heavy atom. The lowest BCUT2D eigenvalue weighted by Crippen LogP contribution is -2.54. The van der Waals surface area contributed by atoms with E-state index in [1.54, 1.807) is 19.4 Å². The Balaban J connectivity index is 1.35. The van der Waals surface area contributed by atoms with Crippen LogP contribution in [0.1, 0.15) is 29.8 Å². The summed E-state index contributed by atoms with van der Waals surface area (Å²) in [5.74, 6) is 2.03. The quantitative estimate of drug-likeness (QED) is 0.655. The molecular formula is C21H21ClN6O. The number of aliphatic imine (C=N–C) groups is 1. The van der Waals surface area contributed by atoms with Crippen LogP contribution in [0.15, 0.2) is 35.7 Å². The predicted molar refractivity (Wildman–Crippen MR) is 115 cm³/mol. The fraction of sp³-hybridized carbons (Fsp3) is 0.333. The topological polar surface area (TPSA) is 77.5 Å². The van der Waals surface area contributed by atoms with E-state index >= 15 is 0 Å². The minimum atomic E-state index is 0.0862. The van der Waals surface area contributed by atoms with Crippen molar-refractivity contribution in [1.29, 1.82) is 0 Å². The smallest absolute Gasteiger partial charge is 0.159 e. The molecule has 5 rings (SSSR count). The highest BCUT2D eigenvalue weighted by molar-refractivity contribution is 6.36. The number of nitrogens with one attached hydrogen (secondary N) is 1. The first kappa shape index (κ1) is 18.1. The standard InChI is InChI=1S/C21H21ClN6O/c1-12-10-27(18-8-15-7-14(13(2)29)3-4-17(15)26-18)5-6-28(12)21-19-16(22)9-23-20(19)24-11-25-21/h3-4,7,9,11-12H,5-6,8,10H2,1-2H3,(H,23,24,25)/t12-/m1/s1. The Kier molecular flexibility index (Phi) is 4.28. The van der Waals surface area contributed by atoms with Crippen LogP contribution in [0.2, 0.25) is 5.02 Å². The number of piperazine rings is 1. The molecule has 2 aliphatic rings. The summed E-state index contributed by atoms with van der Waals surface area (Å²) in [5.41, 5.74) is 3.59. The van der Waals surface area contributed by atoms with Gasteiger partial charge in [0.15, 0.2) is 5.78 Å². The zero-order valence-corrected chi connectivity index (χ0v) is 17.1. The molecule has 0 bridgehead atoms. The van der Waals surface area contributed by atoms with E-state index < -0.39 is 0 Å². The number of H-pyrrole nitrogens is 1. The van der Waals surface area contributed by atoms with E-state index in [9.17, 15) is 4.79 Å². The number of aromatic nitrogens is 3. The molecule has 2 aromatic heterocycles. The third-order valence-electron chi connectivity index (χ3n) is 5.75. The van der Waals surface area contributed by atoms with Gasteiger partial charge in [0.2, 0.25) is 0 Å². The summed E-state index contributed by atoms with van der Waals surface area (Å²) >= 11 is 6.37. The zero-order chi connectivity index (χ0) is 20.1. The van der Waals surface area contributed by atoms with E-state index in [0.29, 0.717) is 5.02 Å². The molecule has 1 aromatic carbocycles. The van der Waals surface area contributed by atoms with Gasteiger partial charge < -0.3 is 14.8 Å². The molecule has 4 heterocycles. The number of Topliss-reactive ketones (excluding diaryl/α,β-unsaturated/α-hetero) is 1. The van der Waals surface area contributed by atoms with Crippen molar-refractivity contribution in [2.75, 3.05) is 24.5 Å². The first-order valence-corrected chi connectivity index (χ1v) is 10.1. The van der Waals surface area contributed by atoms with Crippen molar-refractivity contribution in [1.82, 2.24) is 19.9 Å². The molecule has 148 valence electrons. The molecule has 29 heavy (non-hydrogen) atoms. The van der Waals surface area contributed by atoms with Crippen LogP contribution in [0.3, 0.4) is 0 Å². The maximum absolute atomic E-state index is 11.7. The van der Waals surface area contributed by atoms with E-state index in [0.717, 1.165) is 65.6 Å². The van der Waals surface area contributed by atoms with Crippen LogP contribution in [0.4, 0.5) is 11.5 Å². The van der Waals surface area contributed by atoms with Crippen molar-refractivity contribution in [3.63, 3.8) is 0 Å². The largest absolute Gasteiger partial charge is 0.356 e. The predicted octanol–water partition coefficient (Wildman–Crippen LogP) is 3.61. The molecule has 0 spiro atoms. The second-order valence-corrected chi connectivity index (χ2v) is 8.06. The minimum absolute atomic E-state index is 0.0862. The number of aromatic amines is 1. The van der Waals surface area contributed by atoms with Gasteiger partial charge in [0.25, 0.3) is 0 Å². The van der Waals surface area contributed by atoms with Gasteiger partial charge in [-0.15, -0.1) is 0 Å². The Labute approximate surface area is 173 Å². The molecule has 3 aromatic rings. The average molecular weight is 409 g/mol. The third-order valence-corrected chi connectivity index (χ3v) is 6.05. The highest BCUT2D eigenvalue weighted by Gasteiger charge is 2.30. The monoisotopic (exact) mass is 408 g/mol. The number of anilines is 1. The van der Waals surface area contributed by atoms with Crippen LogP contribution < -0.4 is 4.90 Å². The average Bonchev–Trinajstić information content (AvgIpc) is 3.31. The molecule has 2 aliphatic heterocycles. The second-order valence-electron chi connectivity index (χ2n) is 7.65. The third kappa shape index (κ3) is 3.06. The molecule has 0 amide bonds. The molecule has 7 nitrogen and oxygen atoms in total. The molecule has 1 N–H and O–H groups in total. The molecule has 1 atom stereocenters. The number of hydrogen-bond donors (Lipinski definition) is 1. The first-order chi connectivity index (χ1) is 14.0. The van der Waals surface area contributed by atoms with Crippen molar-refractivity contribution in [3.8, 4) is 0 Å². The van der Waals surface area contributed by atoms with Crippen LogP contribution in [0, 0.1) is 0 Å². The lowest BCUT2D eigenvalue weighted by molar-refractivity contribution is 0.101. The van der Waals surface area contributed by atoms with Crippen molar-refractivity contribution in [3.05, 3.63) is 46.9 Å². The number of carbonyl (C=O) groups excluding carboxylic acids is 1. The summed E-state index contributed by atoms with van der Waals surface area (Å²) in [4.78, 5) is 33.0. The van der Waals surface area contributed by atoms with Crippen LogP contribution in [0.25, 0.3) is 11.0 Å². The Hall–Kier alpha value is -2.93. The van der Waals surface area contributed by atoms with Gasteiger partial charge in [-0.3, -0.25) is 4.79 Å². The van der Waals surface area contributed by atoms with E-state index in [1.165, 1.54) is 0 Å². The summed E-state index contributed by atoms with van der Waals surface area (Å²) < 4.78 is 0. The van der Waals surface area contributed by atoms with Gasteiger partial charge in [-0.25, -0.2) is 15.0 Å². The number of rotatable bonds is 2. The summed E-state index contributed by atoms with van der Waals surface area (Å²) in [6, 6.07) is 6.02. The van der Waals surface area contributed by atoms with E-state index in [1.807, 2.05) is 18.2 Å². The molecule has 8 heteroatoms. The summed E-state index contributed by atoms with van der Waals surface area (Å²) in [5, 5.41) is 1.51. The number of carbonyl (C=O) groups is 1. The van der Waals surface area contributed by atoms with Gasteiger partial charge in [-0.05, 0) is 37.6 Å². The Bertz CT molecular complexity index is 1150. The van der Waals surface area contributed by atoms with Gasteiger partial charge in [0.05, 0.1) is 16.1 Å². The molecule has 0 unspecified atom stereocenters. The lowest BCUT2D eigenvalue weighted by Gasteiger charge is -2.41. The minimum Gasteiger partial charge on any atom is -0.356 e. The SMILES string of the molecule is CC(=O)c1ccc2c(c1)CC(N1CCN(c3ncnc4[nH]cc(Cl)c34)[C@H](C)C1)=N2.